The highest BCUT2D eigenvalue weighted by Crippen LogP contribution is 2.11. The molecule has 0 aromatic carbocycles. The van der Waals surface area contributed by atoms with Crippen molar-refractivity contribution in [3.63, 3.8) is 0 Å². The van der Waals surface area contributed by atoms with Crippen LogP contribution in [-0.4, -0.2) is 55.6 Å². The Hall–Kier alpha value is -1.14. The van der Waals surface area contributed by atoms with Gasteiger partial charge in [-0.25, -0.2) is 0 Å². The van der Waals surface area contributed by atoms with Crippen LogP contribution in [0.15, 0.2) is 0 Å². The third kappa shape index (κ3) is 3.18. The Morgan fingerprint density at radius 2 is 2.31 bits per heavy atom. The Balaban J connectivity index is 2.60. The summed E-state index contributed by atoms with van der Waals surface area (Å²) in [4.78, 5) is 24.4. The Bertz CT molecular complexity index is 270. The molecule has 2 unspecified atom stereocenters. The molecule has 92 valence electrons. The second-order valence-corrected chi connectivity index (χ2v) is 3.99. The summed E-state index contributed by atoms with van der Waals surface area (Å²) in [5.41, 5.74) is 5.32. The van der Waals surface area contributed by atoms with Crippen molar-refractivity contribution in [2.24, 2.45) is 5.73 Å². The van der Waals surface area contributed by atoms with Gasteiger partial charge in [-0.2, -0.15) is 0 Å². The second-order valence-electron chi connectivity index (χ2n) is 3.99. The number of hydrogen-bond donors (Lipinski definition) is 2. The monoisotopic (exact) mass is 229 g/mol. The highest BCUT2D eigenvalue weighted by molar-refractivity contribution is 5.80. The number of carbonyl (C=O) groups excluding carboxylic acids is 2. The van der Waals surface area contributed by atoms with Crippen LogP contribution in [0.25, 0.3) is 0 Å². The van der Waals surface area contributed by atoms with Crippen LogP contribution < -0.4 is 11.1 Å². The Morgan fingerprint density at radius 1 is 1.62 bits per heavy atom. The maximum Gasteiger partial charge on any atom is 0.307 e. The molecule has 1 rings (SSSR count). The molecule has 0 aliphatic carbocycles. The van der Waals surface area contributed by atoms with Crippen LogP contribution in [0.2, 0.25) is 0 Å². The van der Waals surface area contributed by atoms with E-state index >= 15 is 0 Å². The van der Waals surface area contributed by atoms with Crippen molar-refractivity contribution in [2.75, 3.05) is 26.7 Å². The van der Waals surface area contributed by atoms with Gasteiger partial charge in [-0.1, -0.05) is 0 Å². The van der Waals surface area contributed by atoms with E-state index < -0.39 is 0 Å². The average molecular weight is 229 g/mol. The van der Waals surface area contributed by atoms with Crippen molar-refractivity contribution in [1.29, 1.82) is 0 Å². The minimum atomic E-state index is -0.357. The number of primary amides is 1. The van der Waals surface area contributed by atoms with Crippen molar-refractivity contribution >= 4 is 11.9 Å². The lowest BCUT2D eigenvalue weighted by molar-refractivity contribution is -0.143. The van der Waals surface area contributed by atoms with Crippen molar-refractivity contribution in [3.8, 4) is 0 Å². The topological polar surface area (TPSA) is 84.7 Å². The first-order chi connectivity index (χ1) is 7.56. The number of hydrogen-bond acceptors (Lipinski definition) is 5. The molecular formula is C10H19N3O3. The maximum absolute atomic E-state index is 11.2. The Labute approximate surface area is 95.1 Å². The molecule has 6 nitrogen and oxygen atoms in total. The number of ether oxygens (including phenoxy) is 1. The zero-order valence-electron chi connectivity index (χ0n) is 9.73. The molecule has 3 N–H and O–H groups in total. The molecule has 0 spiro atoms. The lowest BCUT2D eigenvalue weighted by Crippen LogP contribution is -2.59. The van der Waals surface area contributed by atoms with E-state index in [9.17, 15) is 9.59 Å². The molecule has 0 aromatic heterocycles. The number of piperazine rings is 1. The molecule has 0 saturated carbocycles. The van der Waals surface area contributed by atoms with Crippen LogP contribution in [-0.2, 0) is 14.3 Å². The molecule has 1 amide bonds. The number of carbonyl (C=O) groups is 2. The third-order valence-corrected chi connectivity index (χ3v) is 2.87. The van der Waals surface area contributed by atoms with Gasteiger partial charge in [-0.15, -0.1) is 0 Å². The SMILES string of the molecule is COC(=O)CC(C)N1CCNCC1C(N)=O. The highest BCUT2D eigenvalue weighted by atomic mass is 16.5. The molecule has 0 aromatic rings. The molecular weight excluding hydrogens is 210 g/mol. The second kappa shape index (κ2) is 5.81. The summed E-state index contributed by atoms with van der Waals surface area (Å²) in [7, 11) is 1.36. The van der Waals surface area contributed by atoms with Crippen LogP contribution in [0, 0.1) is 0 Å². The first-order valence-electron chi connectivity index (χ1n) is 5.39. The third-order valence-electron chi connectivity index (χ3n) is 2.87. The summed E-state index contributed by atoms with van der Waals surface area (Å²) in [6.45, 7) is 3.96. The van der Waals surface area contributed by atoms with Gasteiger partial charge in [0.25, 0.3) is 0 Å². The number of methoxy groups -OCH3 is 1. The van der Waals surface area contributed by atoms with E-state index in [0.29, 0.717) is 13.1 Å². The molecule has 0 radical (unpaired) electrons. The molecule has 1 saturated heterocycles. The molecule has 1 fully saturated rings. The quantitative estimate of drug-likeness (QED) is 0.585. The van der Waals surface area contributed by atoms with Crippen molar-refractivity contribution in [1.82, 2.24) is 10.2 Å². The Kier molecular flexibility index (Phi) is 4.70. The highest BCUT2D eigenvalue weighted by Gasteiger charge is 2.31. The minimum absolute atomic E-state index is 0.0351. The fraction of sp³-hybridized carbons (Fsp3) is 0.800. The first kappa shape index (κ1) is 12.9. The number of esters is 1. The van der Waals surface area contributed by atoms with E-state index in [2.05, 4.69) is 10.1 Å². The van der Waals surface area contributed by atoms with Gasteiger partial charge in [0, 0.05) is 25.7 Å². The predicted octanol–water partition coefficient (Wildman–Crippen LogP) is -1.30. The van der Waals surface area contributed by atoms with Crippen molar-refractivity contribution in [3.05, 3.63) is 0 Å². The van der Waals surface area contributed by atoms with E-state index in [1.807, 2.05) is 11.8 Å². The van der Waals surface area contributed by atoms with E-state index in [0.717, 1.165) is 6.54 Å². The zero-order chi connectivity index (χ0) is 12.1. The largest absolute Gasteiger partial charge is 0.469 e. The van der Waals surface area contributed by atoms with Crippen LogP contribution >= 0.6 is 0 Å². The number of nitrogens with one attached hydrogen (secondary N) is 1. The van der Waals surface area contributed by atoms with Gasteiger partial charge >= 0.3 is 5.97 Å². The van der Waals surface area contributed by atoms with Crippen molar-refractivity contribution in [2.45, 2.75) is 25.4 Å². The normalized spacial score (nSPS) is 23.8. The summed E-state index contributed by atoms with van der Waals surface area (Å²) in [5.74, 6) is -0.627. The van der Waals surface area contributed by atoms with Gasteiger partial charge in [0.15, 0.2) is 0 Å². The molecule has 0 bridgehead atoms. The van der Waals surface area contributed by atoms with Crippen LogP contribution in [0.3, 0.4) is 0 Å². The molecule has 1 heterocycles. The zero-order valence-corrected chi connectivity index (χ0v) is 9.73. The minimum Gasteiger partial charge on any atom is -0.469 e. The number of rotatable bonds is 4. The van der Waals surface area contributed by atoms with Gasteiger partial charge in [-0.05, 0) is 6.92 Å². The van der Waals surface area contributed by atoms with Crippen molar-refractivity contribution < 1.29 is 14.3 Å². The van der Waals surface area contributed by atoms with Gasteiger partial charge < -0.3 is 15.8 Å². The fourth-order valence-corrected chi connectivity index (χ4v) is 1.95. The lowest BCUT2D eigenvalue weighted by Gasteiger charge is -2.38. The Morgan fingerprint density at radius 3 is 2.88 bits per heavy atom. The number of nitrogens with zero attached hydrogens (tertiary/aromatic N) is 1. The van der Waals surface area contributed by atoms with Gasteiger partial charge in [-0.3, -0.25) is 14.5 Å². The van der Waals surface area contributed by atoms with Gasteiger partial charge in [0.05, 0.1) is 13.5 Å². The van der Waals surface area contributed by atoms with Crippen LogP contribution in [0.1, 0.15) is 13.3 Å². The summed E-state index contributed by atoms with van der Waals surface area (Å²) < 4.78 is 4.61. The van der Waals surface area contributed by atoms with E-state index in [1.54, 1.807) is 0 Å². The molecule has 2 atom stereocenters. The average Bonchev–Trinajstić information content (AvgIpc) is 2.28. The number of amides is 1. The standard InChI is InChI=1S/C10H19N3O3/c1-7(5-9(14)16-2)13-4-3-12-6-8(13)10(11)15/h7-8,12H,3-6H2,1-2H3,(H2,11,15). The summed E-state index contributed by atoms with van der Waals surface area (Å²) in [5, 5.41) is 3.11. The predicted molar refractivity (Wildman–Crippen MR) is 58.7 cm³/mol. The van der Waals surface area contributed by atoms with E-state index in [-0.39, 0.29) is 30.4 Å². The molecule has 1 aliphatic rings. The van der Waals surface area contributed by atoms with E-state index in [4.69, 9.17) is 5.73 Å². The molecule has 6 heteroatoms. The van der Waals surface area contributed by atoms with Gasteiger partial charge in [0.2, 0.25) is 5.91 Å². The van der Waals surface area contributed by atoms with E-state index in [1.165, 1.54) is 7.11 Å². The molecule has 16 heavy (non-hydrogen) atoms. The lowest BCUT2D eigenvalue weighted by atomic mass is 10.1. The summed E-state index contributed by atoms with van der Waals surface area (Å²) >= 11 is 0. The summed E-state index contributed by atoms with van der Waals surface area (Å²) in [6, 6.07) is -0.375. The van der Waals surface area contributed by atoms with Crippen LogP contribution in [0.4, 0.5) is 0 Å². The van der Waals surface area contributed by atoms with Crippen LogP contribution in [0.5, 0.6) is 0 Å². The molecule has 1 aliphatic heterocycles. The smallest absolute Gasteiger partial charge is 0.307 e. The first-order valence-corrected chi connectivity index (χ1v) is 5.39. The number of nitrogens with two attached hydrogens (primary N) is 1. The fourth-order valence-electron chi connectivity index (χ4n) is 1.95. The maximum atomic E-state index is 11.2. The van der Waals surface area contributed by atoms with Gasteiger partial charge in [0.1, 0.15) is 6.04 Å². The summed E-state index contributed by atoms with van der Waals surface area (Å²) in [6.07, 6.45) is 0.278.